The largest absolute Gasteiger partial charge is 0.310 e. The highest BCUT2D eigenvalue weighted by Gasteiger charge is 2.10. The first-order chi connectivity index (χ1) is 9.22. The van der Waals surface area contributed by atoms with Gasteiger partial charge >= 0.3 is 0 Å². The van der Waals surface area contributed by atoms with Crippen LogP contribution in [0.15, 0.2) is 42.6 Å². The quantitative estimate of drug-likeness (QED) is 0.868. The summed E-state index contributed by atoms with van der Waals surface area (Å²) in [4.78, 5) is 4.27. The molecule has 1 atom stereocenters. The minimum Gasteiger partial charge on any atom is -0.310 e. The van der Waals surface area contributed by atoms with Crippen molar-refractivity contribution in [2.75, 3.05) is 6.54 Å². The monoisotopic (exact) mass is 254 g/mol. The van der Waals surface area contributed by atoms with Crippen molar-refractivity contribution in [3.05, 3.63) is 53.9 Å². The van der Waals surface area contributed by atoms with Gasteiger partial charge in [0, 0.05) is 17.9 Å². The third-order valence-electron chi connectivity index (χ3n) is 3.34. The van der Waals surface area contributed by atoms with Crippen LogP contribution >= 0.6 is 0 Å². The van der Waals surface area contributed by atoms with Gasteiger partial charge in [0.25, 0.3) is 0 Å². The molecule has 0 aliphatic carbocycles. The highest BCUT2D eigenvalue weighted by Crippen LogP contribution is 2.28. The lowest BCUT2D eigenvalue weighted by Crippen LogP contribution is -2.19. The zero-order chi connectivity index (χ0) is 13.7. The summed E-state index contributed by atoms with van der Waals surface area (Å²) in [6.07, 6.45) is 3.03. The van der Waals surface area contributed by atoms with Crippen LogP contribution in [0.2, 0.25) is 0 Å². The molecule has 2 rings (SSSR count). The summed E-state index contributed by atoms with van der Waals surface area (Å²) in [6, 6.07) is 13.2. The predicted octanol–water partition coefficient (Wildman–Crippen LogP) is 4.12. The number of aryl methyl sites for hydroxylation is 1. The third-order valence-corrected chi connectivity index (χ3v) is 3.34. The lowest BCUT2D eigenvalue weighted by molar-refractivity contribution is 0.571. The van der Waals surface area contributed by atoms with Gasteiger partial charge < -0.3 is 5.32 Å². The van der Waals surface area contributed by atoms with Crippen LogP contribution in [0.3, 0.4) is 0 Å². The standard InChI is InChI=1S/C17H22N2/c1-4-10-19-14(3)16-7-5-6-8-17(16)15-9-11-18-13(2)12-15/h5-9,11-12,14,19H,4,10H2,1-3H3. The van der Waals surface area contributed by atoms with Crippen molar-refractivity contribution in [1.82, 2.24) is 10.3 Å². The van der Waals surface area contributed by atoms with E-state index < -0.39 is 0 Å². The van der Waals surface area contributed by atoms with E-state index in [1.807, 2.05) is 13.1 Å². The Morgan fingerprint density at radius 1 is 1.21 bits per heavy atom. The first-order valence-corrected chi connectivity index (χ1v) is 6.97. The molecule has 0 saturated carbocycles. The molecule has 0 aliphatic heterocycles. The van der Waals surface area contributed by atoms with Crippen molar-refractivity contribution in [2.45, 2.75) is 33.2 Å². The van der Waals surface area contributed by atoms with Gasteiger partial charge in [-0.25, -0.2) is 0 Å². The molecule has 2 heteroatoms. The number of pyridine rings is 1. The Morgan fingerprint density at radius 2 is 2.00 bits per heavy atom. The second-order valence-electron chi connectivity index (χ2n) is 4.95. The molecular formula is C17H22N2. The highest BCUT2D eigenvalue weighted by molar-refractivity contribution is 5.68. The minimum atomic E-state index is 0.365. The van der Waals surface area contributed by atoms with Crippen LogP contribution in [0.25, 0.3) is 11.1 Å². The highest BCUT2D eigenvalue weighted by atomic mass is 14.9. The Balaban J connectivity index is 2.35. The Hall–Kier alpha value is -1.67. The fourth-order valence-electron chi connectivity index (χ4n) is 2.32. The fourth-order valence-corrected chi connectivity index (χ4v) is 2.32. The van der Waals surface area contributed by atoms with Crippen LogP contribution in [0.1, 0.15) is 37.6 Å². The van der Waals surface area contributed by atoms with Crippen LogP contribution in [-0.2, 0) is 0 Å². The molecule has 1 heterocycles. The molecule has 1 aromatic heterocycles. The maximum Gasteiger partial charge on any atom is 0.0378 e. The lowest BCUT2D eigenvalue weighted by atomic mass is 9.96. The first kappa shape index (κ1) is 13.8. The van der Waals surface area contributed by atoms with Gasteiger partial charge in [-0.1, -0.05) is 31.2 Å². The van der Waals surface area contributed by atoms with E-state index in [0.29, 0.717) is 6.04 Å². The minimum absolute atomic E-state index is 0.365. The van der Waals surface area contributed by atoms with E-state index in [4.69, 9.17) is 0 Å². The molecule has 0 fully saturated rings. The summed E-state index contributed by atoms with van der Waals surface area (Å²) in [6.45, 7) is 7.50. The van der Waals surface area contributed by atoms with Gasteiger partial charge in [0.05, 0.1) is 0 Å². The van der Waals surface area contributed by atoms with E-state index in [2.05, 4.69) is 60.5 Å². The molecule has 0 bridgehead atoms. The van der Waals surface area contributed by atoms with Gasteiger partial charge in [-0.15, -0.1) is 0 Å². The molecule has 0 spiro atoms. The van der Waals surface area contributed by atoms with Gasteiger partial charge in [0.15, 0.2) is 0 Å². The van der Waals surface area contributed by atoms with Crippen LogP contribution < -0.4 is 5.32 Å². The molecule has 0 radical (unpaired) electrons. The second kappa shape index (κ2) is 6.48. The van der Waals surface area contributed by atoms with Gasteiger partial charge in [0.1, 0.15) is 0 Å². The lowest BCUT2D eigenvalue weighted by Gasteiger charge is -2.18. The van der Waals surface area contributed by atoms with Crippen LogP contribution in [0, 0.1) is 6.92 Å². The van der Waals surface area contributed by atoms with E-state index in [9.17, 15) is 0 Å². The zero-order valence-corrected chi connectivity index (χ0v) is 12.0. The SMILES string of the molecule is CCCNC(C)c1ccccc1-c1ccnc(C)c1. The summed E-state index contributed by atoms with van der Waals surface area (Å²) in [5.74, 6) is 0. The Labute approximate surface area is 115 Å². The number of rotatable bonds is 5. The summed E-state index contributed by atoms with van der Waals surface area (Å²) >= 11 is 0. The number of hydrogen-bond acceptors (Lipinski definition) is 2. The second-order valence-corrected chi connectivity index (χ2v) is 4.95. The normalized spacial score (nSPS) is 12.4. The zero-order valence-electron chi connectivity index (χ0n) is 12.0. The Morgan fingerprint density at radius 3 is 2.74 bits per heavy atom. The molecule has 19 heavy (non-hydrogen) atoms. The van der Waals surface area contributed by atoms with Gasteiger partial charge in [-0.3, -0.25) is 4.98 Å². The molecule has 0 amide bonds. The molecule has 2 aromatic rings. The van der Waals surface area contributed by atoms with E-state index in [1.54, 1.807) is 0 Å². The van der Waals surface area contributed by atoms with Crippen LogP contribution in [0.4, 0.5) is 0 Å². The smallest absolute Gasteiger partial charge is 0.0378 e. The van der Waals surface area contributed by atoms with Crippen molar-refractivity contribution in [3.8, 4) is 11.1 Å². The van der Waals surface area contributed by atoms with Crippen LogP contribution in [-0.4, -0.2) is 11.5 Å². The topological polar surface area (TPSA) is 24.9 Å². The Kier molecular flexibility index (Phi) is 4.69. The molecule has 0 saturated heterocycles. The number of nitrogens with zero attached hydrogens (tertiary/aromatic N) is 1. The number of aromatic nitrogens is 1. The molecule has 100 valence electrons. The molecular weight excluding hydrogens is 232 g/mol. The van der Waals surface area contributed by atoms with Crippen molar-refractivity contribution >= 4 is 0 Å². The van der Waals surface area contributed by atoms with Gasteiger partial charge in [-0.05, 0) is 55.6 Å². The number of hydrogen-bond donors (Lipinski definition) is 1. The summed E-state index contributed by atoms with van der Waals surface area (Å²) in [5, 5.41) is 3.56. The van der Waals surface area contributed by atoms with E-state index >= 15 is 0 Å². The fraction of sp³-hybridized carbons (Fsp3) is 0.353. The van der Waals surface area contributed by atoms with Crippen molar-refractivity contribution in [1.29, 1.82) is 0 Å². The summed E-state index contributed by atoms with van der Waals surface area (Å²) in [5.41, 5.74) is 4.94. The van der Waals surface area contributed by atoms with Gasteiger partial charge in [0.2, 0.25) is 0 Å². The summed E-state index contributed by atoms with van der Waals surface area (Å²) < 4.78 is 0. The van der Waals surface area contributed by atoms with E-state index in [1.165, 1.54) is 16.7 Å². The molecule has 1 aromatic carbocycles. The van der Waals surface area contributed by atoms with Gasteiger partial charge in [-0.2, -0.15) is 0 Å². The summed E-state index contributed by atoms with van der Waals surface area (Å²) in [7, 11) is 0. The average Bonchev–Trinajstić information content (AvgIpc) is 2.45. The predicted molar refractivity (Wildman–Crippen MR) is 81.1 cm³/mol. The maximum atomic E-state index is 4.27. The maximum absolute atomic E-state index is 4.27. The third kappa shape index (κ3) is 3.42. The number of nitrogens with one attached hydrogen (secondary N) is 1. The average molecular weight is 254 g/mol. The van der Waals surface area contributed by atoms with E-state index in [-0.39, 0.29) is 0 Å². The number of benzene rings is 1. The van der Waals surface area contributed by atoms with Crippen molar-refractivity contribution in [2.24, 2.45) is 0 Å². The molecule has 2 nitrogen and oxygen atoms in total. The van der Waals surface area contributed by atoms with Crippen LogP contribution in [0.5, 0.6) is 0 Å². The molecule has 1 N–H and O–H groups in total. The first-order valence-electron chi connectivity index (χ1n) is 6.97. The van der Waals surface area contributed by atoms with Crippen molar-refractivity contribution in [3.63, 3.8) is 0 Å². The molecule has 0 aliphatic rings. The Bertz CT molecular complexity index is 534. The molecule has 1 unspecified atom stereocenters. The van der Waals surface area contributed by atoms with Crippen molar-refractivity contribution < 1.29 is 0 Å². The van der Waals surface area contributed by atoms with E-state index in [0.717, 1.165) is 18.7 Å².